The molecule has 116 valence electrons. The smallest absolute Gasteiger partial charge is 0.310 e. The summed E-state index contributed by atoms with van der Waals surface area (Å²) in [6.45, 7) is 2.13. The molecule has 0 aliphatic carbocycles. The Balaban J connectivity index is 2.54. The van der Waals surface area contributed by atoms with Gasteiger partial charge in [0.25, 0.3) is 0 Å². The molecule has 0 unspecified atom stereocenters. The highest BCUT2D eigenvalue weighted by atomic mass is 35.5. The number of rotatable bonds is 9. The van der Waals surface area contributed by atoms with E-state index in [9.17, 15) is 9.59 Å². The van der Waals surface area contributed by atoms with Gasteiger partial charge in [0.15, 0.2) is 0 Å². The summed E-state index contributed by atoms with van der Waals surface area (Å²) < 4.78 is 4.93. The highest BCUT2D eigenvalue weighted by Gasteiger charge is 2.10. The van der Waals surface area contributed by atoms with Gasteiger partial charge in [-0.3, -0.25) is 9.59 Å². The number of nitrogens with one attached hydrogen (secondary N) is 1. The Kier molecular flexibility index (Phi) is 8.51. The Bertz CT molecular complexity index is 463. The number of carbonyl (C=O) groups is 2. The molecule has 0 bridgehead atoms. The predicted molar refractivity (Wildman–Crippen MR) is 84.6 cm³/mol. The second-order valence-corrected chi connectivity index (χ2v) is 5.06. The van der Waals surface area contributed by atoms with Gasteiger partial charge >= 0.3 is 5.97 Å². The summed E-state index contributed by atoms with van der Waals surface area (Å²) in [6.07, 6.45) is 3.31. The van der Waals surface area contributed by atoms with Crippen molar-refractivity contribution >= 4 is 29.2 Å². The minimum Gasteiger partial charge on any atom is -0.466 e. The van der Waals surface area contributed by atoms with Gasteiger partial charge in [-0.05, 0) is 31.4 Å². The van der Waals surface area contributed by atoms with Crippen LogP contribution in [0.15, 0.2) is 24.3 Å². The maximum absolute atomic E-state index is 11.9. The molecule has 1 aromatic rings. The molecular weight excluding hydrogens is 290 g/mol. The first kappa shape index (κ1) is 17.5. The van der Waals surface area contributed by atoms with E-state index in [2.05, 4.69) is 5.32 Å². The van der Waals surface area contributed by atoms with Crippen molar-refractivity contribution in [3.63, 3.8) is 0 Å². The third-order valence-corrected chi connectivity index (χ3v) is 3.24. The predicted octanol–water partition coefficient (Wildman–Crippen LogP) is 3.53. The Labute approximate surface area is 130 Å². The molecule has 0 heterocycles. The van der Waals surface area contributed by atoms with Gasteiger partial charge in [0.05, 0.1) is 13.0 Å². The summed E-state index contributed by atoms with van der Waals surface area (Å²) in [5.74, 6) is 0.298. The average molecular weight is 312 g/mol. The maximum atomic E-state index is 11.9. The van der Waals surface area contributed by atoms with Gasteiger partial charge in [0.1, 0.15) is 0 Å². The molecule has 0 atom stereocenters. The van der Waals surface area contributed by atoms with Crippen LogP contribution in [-0.4, -0.2) is 24.4 Å². The monoisotopic (exact) mass is 311 g/mol. The number of anilines is 1. The standard InChI is InChI=1S/C16H22ClNO3/c1-2-21-16(20)12-13-8-5-6-9-14(13)18-15(19)10-4-3-7-11-17/h5-6,8-9H,2-4,7,10-12H2,1H3,(H,18,19). The van der Waals surface area contributed by atoms with Gasteiger partial charge in [0.2, 0.25) is 5.91 Å². The topological polar surface area (TPSA) is 55.4 Å². The first-order valence-corrected chi connectivity index (χ1v) is 7.80. The highest BCUT2D eigenvalue weighted by molar-refractivity contribution is 6.17. The zero-order valence-electron chi connectivity index (χ0n) is 12.4. The van der Waals surface area contributed by atoms with Crippen LogP contribution in [-0.2, 0) is 20.7 Å². The zero-order chi connectivity index (χ0) is 15.5. The van der Waals surface area contributed by atoms with Crippen LogP contribution in [0.2, 0.25) is 0 Å². The van der Waals surface area contributed by atoms with E-state index in [0.29, 0.717) is 24.6 Å². The Morgan fingerprint density at radius 3 is 2.67 bits per heavy atom. The Morgan fingerprint density at radius 2 is 1.95 bits per heavy atom. The minimum absolute atomic E-state index is 0.0409. The summed E-state index contributed by atoms with van der Waals surface area (Å²) in [6, 6.07) is 7.29. The van der Waals surface area contributed by atoms with E-state index in [4.69, 9.17) is 16.3 Å². The SMILES string of the molecule is CCOC(=O)Cc1ccccc1NC(=O)CCCCCCl. The summed E-state index contributed by atoms with van der Waals surface area (Å²) in [7, 11) is 0. The molecule has 0 radical (unpaired) electrons. The number of alkyl halides is 1. The number of benzene rings is 1. The summed E-state index contributed by atoms with van der Waals surface area (Å²) in [4.78, 5) is 23.4. The molecule has 0 fully saturated rings. The van der Waals surface area contributed by atoms with Crippen LogP contribution >= 0.6 is 11.6 Å². The van der Waals surface area contributed by atoms with Crippen molar-refractivity contribution in [2.75, 3.05) is 17.8 Å². The molecule has 4 nitrogen and oxygen atoms in total. The highest BCUT2D eigenvalue weighted by Crippen LogP contribution is 2.17. The van der Waals surface area contributed by atoms with E-state index < -0.39 is 0 Å². The summed E-state index contributed by atoms with van der Waals surface area (Å²) in [5.41, 5.74) is 1.44. The Morgan fingerprint density at radius 1 is 1.19 bits per heavy atom. The van der Waals surface area contributed by atoms with Crippen molar-refractivity contribution in [2.45, 2.75) is 39.0 Å². The molecule has 0 aliphatic rings. The van der Waals surface area contributed by atoms with Gasteiger partial charge < -0.3 is 10.1 Å². The third kappa shape index (κ3) is 7.14. The van der Waals surface area contributed by atoms with Gasteiger partial charge in [0, 0.05) is 18.0 Å². The molecule has 0 aromatic heterocycles. The van der Waals surface area contributed by atoms with Crippen molar-refractivity contribution < 1.29 is 14.3 Å². The molecule has 1 rings (SSSR count). The summed E-state index contributed by atoms with van der Waals surface area (Å²) >= 11 is 5.60. The van der Waals surface area contributed by atoms with Crippen LogP contribution in [0.1, 0.15) is 38.2 Å². The fourth-order valence-corrected chi connectivity index (χ4v) is 2.12. The molecule has 1 aromatic carbocycles. The number of unbranched alkanes of at least 4 members (excludes halogenated alkanes) is 2. The van der Waals surface area contributed by atoms with Crippen LogP contribution in [0.5, 0.6) is 0 Å². The zero-order valence-corrected chi connectivity index (χ0v) is 13.1. The molecule has 0 saturated heterocycles. The van der Waals surface area contributed by atoms with Crippen LogP contribution in [0.4, 0.5) is 5.69 Å². The summed E-state index contributed by atoms with van der Waals surface area (Å²) in [5, 5.41) is 2.86. The van der Waals surface area contributed by atoms with Gasteiger partial charge in [-0.25, -0.2) is 0 Å². The van der Waals surface area contributed by atoms with Crippen molar-refractivity contribution in [3.05, 3.63) is 29.8 Å². The van der Waals surface area contributed by atoms with Gasteiger partial charge in [-0.15, -0.1) is 11.6 Å². The van der Waals surface area contributed by atoms with Crippen molar-refractivity contribution in [1.82, 2.24) is 0 Å². The van der Waals surface area contributed by atoms with E-state index in [1.54, 1.807) is 13.0 Å². The third-order valence-electron chi connectivity index (χ3n) is 2.97. The number of hydrogen-bond acceptors (Lipinski definition) is 3. The van der Waals surface area contributed by atoms with Crippen LogP contribution in [0, 0.1) is 0 Å². The molecule has 0 saturated carbocycles. The molecule has 0 spiro atoms. The van der Waals surface area contributed by atoms with E-state index in [1.165, 1.54) is 0 Å². The molecular formula is C16H22ClNO3. The number of esters is 1. The van der Waals surface area contributed by atoms with Gasteiger partial charge in [-0.1, -0.05) is 24.6 Å². The number of ether oxygens (including phenoxy) is 1. The lowest BCUT2D eigenvalue weighted by molar-refractivity contribution is -0.142. The molecule has 21 heavy (non-hydrogen) atoms. The van der Waals surface area contributed by atoms with Crippen LogP contribution in [0.25, 0.3) is 0 Å². The van der Waals surface area contributed by atoms with E-state index in [-0.39, 0.29) is 18.3 Å². The molecule has 0 aliphatic heterocycles. The number of carbonyl (C=O) groups excluding carboxylic acids is 2. The van der Waals surface area contributed by atoms with Crippen molar-refractivity contribution in [2.24, 2.45) is 0 Å². The lowest BCUT2D eigenvalue weighted by Gasteiger charge is -2.10. The first-order valence-electron chi connectivity index (χ1n) is 7.26. The maximum Gasteiger partial charge on any atom is 0.310 e. The molecule has 5 heteroatoms. The largest absolute Gasteiger partial charge is 0.466 e. The average Bonchev–Trinajstić information content (AvgIpc) is 2.46. The van der Waals surface area contributed by atoms with E-state index in [1.807, 2.05) is 18.2 Å². The molecule has 1 N–H and O–H groups in total. The lowest BCUT2D eigenvalue weighted by Crippen LogP contribution is -2.15. The first-order chi connectivity index (χ1) is 10.2. The minimum atomic E-state index is -0.290. The number of hydrogen-bond donors (Lipinski definition) is 1. The number of para-hydroxylation sites is 1. The number of amides is 1. The van der Waals surface area contributed by atoms with Crippen molar-refractivity contribution in [3.8, 4) is 0 Å². The van der Waals surface area contributed by atoms with Crippen LogP contribution in [0.3, 0.4) is 0 Å². The lowest BCUT2D eigenvalue weighted by atomic mass is 10.1. The fourth-order valence-electron chi connectivity index (χ4n) is 1.93. The van der Waals surface area contributed by atoms with Crippen LogP contribution < -0.4 is 5.32 Å². The number of halogens is 1. The molecule has 1 amide bonds. The normalized spacial score (nSPS) is 10.2. The second kappa shape index (κ2) is 10.2. The quantitative estimate of drug-likeness (QED) is 0.431. The Hall–Kier alpha value is -1.55. The fraction of sp³-hybridized carbons (Fsp3) is 0.500. The second-order valence-electron chi connectivity index (χ2n) is 4.69. The van der Waals surface area contributed by atoms with Gasteiger partial charge in [-0.2, -0.15) is 0 Å². The van der Waals surface area contributed by atoms with E-state index in [0.717, 1.165) is 24.8 Å². The van der Waals surface area contributed by atoms with Crippen molar-refractivity contribution in [1.29, 1.82) is 0 Å². The van der Waals surface area contributed by atoms with E-state index >= 15 is 0 Å².